The zero-order chi connectivity index (χ0) is 29.9. The number of rotatable bonds is 19. The van der Waals surface area contributed by atoms with Gasteiger partial charge in [-0.2, -0.15) is 0 Å². The van der Waals surface area contributed by atoms with Crippen LogP contribution in [0.4, 0.5) is 0 Å². The molecule has 3 amide bonds. The van der Waals surface area contributed by atoms with Crippen molar-refractivity contribution in [1.29, 1.82) is 0 Å². The second-order valence-electron chi connectivity index (χ2n) is 10.7. The number of carbonyl (C=O) groups excluding carboxylic acids is 4. The molecule has 1 saturated heterocycles. The molecule has 1 aliphatic heterocycles. The molecular formula is C31H47N5O5. The first-order valence-electron chi connectivity index (χ1n) is 14.6. The lowest BCUT2D eigenvalue weighted by molar-refractivity contribution is -0.125. The van der Waals surface area contributed by atoms with Crippen molar-refractivity contribution in [2.24, 2.45) is 0 Å². The molecule has 1 aromatic carbocycles. The lowest BCUT2D eigenvalue weighted by Crippen LogP contribution is -2.43. The number of benzene rings is 1. The molecule has 10 heteroatoms. The Labute approximate surface area is 245 Å². The molecule has 1 fully saturated rings. The Balaban J connectivity index is 1.71. The van der Waals surface area contributed by atoms with Gasteiger partial charge in [-0.1, -0.05) is 24.0 Å². The fourth-order valence-electron chi connectivity index (χ4n) is 4.78. The molecule has 2 rings (SSSR count). The minimum Gasteiger partial charge on any atom is -0.380 e. The second-order valence-corrected chi connectivity index (χ2v) is 10.7. The molecule has 1 aromatic rings. The number of carbonyl (C=O) groups is 4. The van der Waals surface area contributed by atoms with Gasteiger partial charge in [-0.05, 0) is 58.3 Å². The molecule has 1 aliphatic rings. The highest BCUT2D eigenvalue weighted by molar-refractivity contribution is 5.85. The van der Waals surface area contributed by atoms with Crippen LogP contribution in [0.2, 0.25) is 0 Å². The summed E-state index contributed by atoms with van der Waals surface area (Å²) in [5.74, 6) is 6.23. The zero-order valence-corrected chi connectivity index (χ0v) is 24.9. The van der Waals surface area contributed by atoms with Crippen molar-refractivity contribution in [3.63, 3.8) is 0 Å². The van der Waals surface area contributed by atoms with E-state index in [0.29, 0.717) is 31.0 Å². The van der Waals surface area contributed by atoms with E-state index in [0.717, 1.165) is 95.4 Å². The highest BCUT2D eigenvalue weighted by Crippen LogP contribution is 2.18. The van der Waals surface area contributed by atoms with E-state index in [1.165, 1.54) is 0 Å². The molecule has 0 radical (unpaired) electrons. The summed E-state index contributed by atoms with van der Waals surface area (Å²) in [6.07, 6.45) is 6.59. The molecule has 2 N–H and O–H groups in total. The molecule has 10 nitrogen and oxygen atoms in total. The van der Waals surface area contributed by atoms with Crippen LogP contribution in [0.5, 0.6) is 0 Å². The SMILES string of the molecule is CC(CCC(=O)NC=O)N(C)Cc1c(C#CCCN(C)CCCOCCN2CCC(NC=O)CC2)cccc1C=O. The Hall–Kier alpha value is -3.10. The maximum Gasteiger partial charge on any atom is 0.226 e. The highest BCUT2D eigenvalue weighted by atomic mass is 16.5. The first-order valence-corrected chi connectivity index (χ1v) is 14.6. The summed E-state index contributed by atoms with van der Waals surface area (Å²) in [7, 11) is 4.04. The molecule has 0 aromatic heterocycles. The maximum absolute atomic E-state index is 11.7. The molecule has 0 bridgehead atoms. The number of likely N-dealkylation sites (tertiary alicyclic amines) is 1. The molecule has 226 valence electrons. The first-order chi connectivity index (χ1) is 19.9. The number of hydrogen-bond donors (Lipinski definition) is 2. The molecule has 1 unspecified atom stereocenters. The molecular weight excluding hydrogens is 522 g/mol. The highest BCUT2D eigenvalue weighted by Gasteiger charge is 2.18. The van der Waals surface area contributed by atoms with Gasteiger partial charge in [-0.15, -0.1) is 0 Å². The monoisotopic (exact) mass is 569 g/mol. The molecule has 1 heterocycles. The van der Waals surface area contributed by atoms with Gasteiger partial charge >= 0.3 is 0 Å². The quantitative estimate of drug-likeness (QED) is 0.147. The third-order valence-electron chi connectivity index (χ3n) is 7.62. The smallest absolute Gasteiger partial charge is 0.226 e. The summed E-state index contributed by atoms with van der Waals surface area (Å²) in [6.45, 7) is 8.72. The van der Waals surface area contributed by atoms with Crippen molar-refractivity contribution in [3.8, 4) is 11.8 Å². The predicted octanol–water partition coefficient (Wildman–Crippen LogP) is 1.66. The Kier molecular flexibility index (Phi) is 16.5. The van der Waals surface area contributed by atoms with Crippen LogP contribution < -0.4 is 10.6 Å². The zero-order valence-electron chi connectivity index (χ0n) is 24.9. The van der Waals surface area contributed by atoms with Crippen molar-refractivity contribution >= 4 is 25.0 Å². The number of hydrogen-bond acceptors (Lipinski definition) is 8. The molecule has 1 atom stereocenters. The van der Waals surface area contributed by atoms with Gasteiger partial charge in [0.2, 0.25) is 18.7 Å². The largest absolute Gasteiger partial charge is 0.380 e. The van der Waals surface area contributed by atoms with Crippen LogP contribution in [0.1, 0.15) is 66.9 Å². The Morgan fingerprint density at radius 3 is 2.63 bits per heavy atom. The molecule has 0 aliphatic carbocycles. The third kappa shape index (κ3) is 13.4. The summed E-state index contributed by atoms with van der Waals surface area (Å²) in [6, 6.07) is 5.98. The van der Waals surface area contributed by atoms with E-state index in [1.807, 2.05) is 26.1 Å². The Bertz CT molecular complexity index is 1020. The minimum atomic E-state index is -0.296. The van der Waals surface area contributed by atoms with Gasteiger partial charge < -0.3 is 19.9 Å². The molecule has 0 spiro atoms. The minimum absolute atomic E-state index is 0.0786. The second kappa shape index (κ2) is 19.9. The summed E-state index contributed by atoms with van der Waals surface area (Å²) in [5.41, 5.74) is 2.34. The van der Waals surface area contributed by atoms with Crippen molar-refractivity contribution in [3.05, 3.63) is 34.9 Å². The van der Waals surface area contributed by atoms with Crippen LogP contribution in [0, 0.1) is 11.8 Å². The summed E-state index contributed by atoms with van der Waals surface area (Å²) in [5, 5.41) is 5.03. The summed E-state index contributed by atoms with van der Waals surface area (Å²) in [4.78, 5) is 51.1. The summed E-state index contributed by atoms with van der Waals surface area (Å²) < 4.78 is 5.83. The first kappa shape index (κ1) is 34.1. The van der Waals surface area contributed by atoms with Gasteiger partial charge in [0.1, 0.15) is 6.29 Å². The van der Waals surface area contributed by atoms with E-state index in [1.54, 1.807) is 6.07 Å². The van der Waals surface area contributed by atoms with Gasteiger partial charge in [-0.3, -0.25) is 29.4 Å². The number of ether oxygens (including phenoxy) is 1. The van der Waals surface area contributed by atoms with Crippen molar-refractivity contribution in [2.45, 2.75) is 64.1 Å². The van der Waals surface area contributed by atoms with Gasteiger partial charge in [0.05, 0.1) is 6.61 Å². The van der Waals surface area contributed by atoms with E-state index in [9.17, 15) is 19.2 Å². The normalized spacial score (nSPS) is 14.8. The van der Waals surface area contributed by atoms with E-state index < -0.39 is 0 Å². The van der Waals surface area contributed by atoms with E-state index in [2.05, 4.69) is 44.2 Å². The standard InChI is InChI=1S/C31H47N5O5/c1-26(11-12-31(40)33-25-39)35(3)22-30-27(9-6-10-28(30)23-37)8-4-5-15-34(2)16-7-20-41-21-19-36-17-13-29(14-18-36)32-24-38/h6,9-10,23-26,29H,5,7,11-22H2,1-3H3,(H,32,38)(H,33,39,40). The van der Waals surface area contributed by atoms with Crippen LogP contribution in [0.25, 0.3) is 0 Å². The number of imide groups is 1. The van der Waals surface area contributed by atoms with Crippen LogP contribution in [0.3, 0.4) is 0 Å². The van der Waals surface area contributed by atoms with E-state index in [-0.39, 0.29) is 18.4 Å². The van der Waals surface area contributed by atoms with E-state index >= 15 is 0 Å². The van der Waals surface area contributed by atoms with Crippen molar-refractivity contribution < 1.29 is 23.9 Å². The number of nitrogens with one attached hydrogen (secondary N) is 2. The lowest BCUT2D eigenvalue weighted by atomic mass is 10.00. The lowest BCUT2D eigenvalue weighted by Gasteiger charge is -2.31. The summed E-state index contributed by atoms with van der Waals surface area (Å²) >= 11 is 0. The Morgan fingerprint density at radius 2 is 1.93 bits per heavy atom. The fourth-order valence-corrected chi connectivity index (χ4v) is 4.78. The van der Waals surface area contributed by atoms with Gasteiger partial charge in [-0.25, -0.2) is 0 Å². The van der Waals surface area contributed by atoms with Gasteiger partial charge in [0.25, 0.3) is 0 Å². The number of amides is 3. The van der Waals surface area contributed by atoms with Crippen molar-refractivity contribution in [2.75, 3.05) is 60.0 Å². The average molecular weight is 570 g/mol. The number of aldehydes is 1. The average Bonchev–Trinajstić information content (AvgIpc) is 2.97. The van der Waals surface area contributed by atoms with Gasteiger partial charge in [0.15, 0.2) is 0 Å². The van der Waals surface area contributed by atoms with Crippen LogP contribution in [0.15, 0.2) is 18.2 Å². The fraction of sp³-hybridized carbons (Fsp3) is 0.613. The van der Waals surface area contributed by atoms with E-state index in [4.69, 9.17) is 4.74 Å². The Morgan fingerprint density at radius 1 is 1.15 bits per heavy atom. The maximum atomic E-state index is 11.7. The van der Waals surface area contributed by atoms with Crippen LogP contribution in [-0.2, 0) is 25.7 Å². The predicted molar refractivity (Wildman–Crippen MR) is 159 cm³/mol. The topological polar surface area (TPSA) is 111 Å². The van der Waals surface area contributed by atoms with Crippen LogP contribution in [-0.4, -0.2) is 112 Å². The number of nitrogens with zero attached hydrogens (tertiary/aromatic N) is 3. The van der Waals surface area contributed by atoms with Crippen LogP contribution >= 0.6 is 0 Å². The molecule has 41 heavy (non-hydrogen) atoms. The third-order valence-corrected chi connectivity index (χ3v) is 7.62. The molecule has 0 saturated carbocycles. The van der Waals surface area contributed by atoms with Gasteiger partial charge in [0, 0.05) is 81.9 Å². The van der Waals surface area contributed by atoms with Crippen molar-refractivity contribution in [1.82, 2.24) is 25.3 Å². The number of piperidine rings is 1.